The molecule has 1 N–H and O–H groups in total. The van der Waals surface area contributed by atoms with Gasteiger partial charge in [-0.25, -0.2) is 4.79 Å². The summed E-state index contributed by atoms with van der Waals surface area (Å²) in [7, 11) is 0. The largest absolute Gasteiger partial charge is 0.478 e. The monoisotopic (exact) mass is 282 g/mol. The standard InChI is InChI=1S/C18H34O2/c1-4-5-6-7-8-9-10-11-12-13-14-16(2)15-17(3)18(19)20/h16H,3-15H2,1-2H3,(H,19,20). The van der Waals surface area contributed by atoms with E-state index in [1.54, 1.807) is 0 Å². The molecule has 1 unspecified atom stereocenters. The summed E-state index contributed by atoms with van der Waals surface area (Å²) in [5.41, 5.74) is 0.351. The second kappa shape index (κ2) is 13.2. The predicted molar refractivity (Wildman–Crippen MR) is 87.0 cm³/mol. The first-order chi connectivity index (χ1) is 9.57. The van der Waals surface area contributed by atoms with E-state index in [4.69, 9.17) is 5.11 Å². The molecule has 0 fully saturated rings. The van der Waals surface area contributed by atoms with Crippen LogP contribution in [-0.2, 0) is 4.79 Å². The number of hydrogen-bond donors (Lipinski definition) is 1. The van der Waals surface area contributed by atoms with Gasteiger partial charge in [0.25, 0.3) is 0 Å². The molecule has 0 saturated heterocycles. The Balaban J connectivity index is 3.27. The Bertz CT molecular complexity index is 258. The fourth-order valence-electron chi connectivity index (χ4n) is 2.59. The zero-order valence-electron chi connectivity index (χ0n) is 13.6. The van der Waals surface area contributed by atoms with Crippen LogP contribution >= 0.6 is 0 Å². The van der Waals surface area contributed by atoms with Crippen LogP contribution in [0.2, 0.25) is 0 Å². The van der Waals surface area contributed by atoms with Crippen LogP contribution < -0.4 is 0 Å². The van der Waals surface area contributed by atoms with E-state index >= 15 is 0 Å². The number of rotatable bonds is 14. The summed E-state index contributed by atoms with van der Waals surface area (Å²) < 4.78 is 0. The number of carbonyl (C=O) groups is 1. The van der Waals surface area contributed by atoms with Gasteiger partial charge in [-0.1, -0.05) is 91.1 Å². The molecule has 0 amide bonds. The summed E-state index contributed by atoms with van der Waals surface area (Å²) in [6, 6.07) is 0. The second-order valence-electron chi connectivity index (χ2n) is 6.19. The minimum atomic E-state index is -0.847. The van der Waals surface area contributed by atoms with Gasteiger partial charge in [0, 0.05) is 5.57 Å². The molecule has 0 aliphatic carbocycles. The lowest BCUT2D eigenvalue weighted by atomic mass is 9.95. The summed E-state index contributed by atoms with van der Waals surface area (Å²) in [6.45, 7) is 7.98. The Morgan fingerprint density at radius 2 is 1.40 bits per heavy atom. The van der Waals surface area contributed by atoms with E-state index in [-0.39, 0.29) is 0 Å². The molecule has 2 heteroatoms. The second-order valence-corrected chi connectivity index (χ2v) is 6.19. The molecule has 0 aromatic rings. The lowest BCUT2D eigenvalue weighted by Gasteiger charge is -2.10. The first-order valence-corrected chi connectivity index (χ1v) is 8.49. The van der Waals surface area contributed by atoms with Gasteiger partial charge in [-0.2, -0.15) is 0 Å². The van der Waals surface area contributed by atoms with Crippen molar-refractivity contribution in [3.8, 4) is 0 Å². The van der Waals surface area contributed by atoms with Crippen LogP contribution in [0, 0.1) is 5.92 Å². The molecule has 0 bridgehead atoms. The summed E-state index contributed by atoms with van der Waals surface area (Å²) in [6.07, 6.45) is 15.3. The highest BCUT2D eigenvalue weighted by molar-refractivity contribution is 5.85. The Morgan fingerprint density at radius 3 is 1.85 bits per heavy atom. The number of carboxylic acids is 1. The molecule has 0 rings (SSSR count). The third-order valence-electron chi connectivity index (χ3n) is 3.95. The highest BCUT2D eigenvalue weighted by atomic mass is 16.4. The van der Waals surface area contributed by atoms with Crippen molar-refractivity contribution in [1.82, 2.24) is 0 Å². The minimum Gasteiger partial charge on any atom is -0.478 e. The molecule has 0 aromatic heterocycles. The number of carboxylic acid groups (broad SMARTS) is 1. The van der Waals surface area contributed by atoms with Crippen molar-refractivity contribution in [2.45, 2.75) is 90.9 Å². The maximum absolute atomic E-state index is 10.7. The van der Waals surface area contributed by atoms with Crippen LogP contribution in [-0.4, -0.2) is 11.1 Å². The van der Waals surface area contributed by atoms with Crippen molar-refractivity contribution in [1.29, 1.82) is 0 Å². The zero-order valence-corrected chi connectivity index (χ0v) is 13.6. The fourth-order valence-corrected chi connectivity index (χ4v) is 2.59. The molecular formula is C18H34O2. The summed E-state index contributed by atoms with van der Waals surface area (Å²) in [5.74, 6) is -0.396. The molecule has 0 saturated carbocycles. The maximum Gasteiger partial charge on any atom is 0.330 e. The van der Waals surface area contributed by atoms with E-state index in [9.17, 15) is 4.79 Å². The van der Waals surface area contributed by atoms with Gasteiger partial charge in [0.2, 0.25) is 0 Å². The van der Waals surface area contributed by atoms with Crippen LogP contribution in [0.4, 0.5) is 0 Å². The van der Waals surface area contributed by atoms with Gasteiger partial charge in [-0.3, -0.25) is 0 Å². The van der Waals surface area contributed by atoms with E-state index in [1.807, 2.05) is 0 Å². The first kappa shape index (κ1) is 19.2. The molecule has 1 atom stereocenters. The lowest BCUT2D eigenvalue weighted by molar-refractivity contribution is -0.132. The van der Waals surface area contributed by atoms with Crippen molar-refractivity contribution in [3.05, 3.63) is 12.2 Å². The summed E-state index contributed by atoms with van der Waals surface area (Å²) in [4.78, 5) is 10.7. The number of hydrogen-bond acceptors (Lipinski definition) is 1. The minimum absolute atomic E-state index is 0.351. The fraction of sp³-hybridized carbons (Fsp3) is 0.833. The van der Waals surface area contributed by atoms with Crippen molar-refractivity contribution >= 4 is 5.97 Å². The average Bonchev–Trinajstić information content (AvgIpc) is 2.40. The maximum atomic E-state index is 10.7. The molecule has 0 heterocycles. The van der Waals surface area contributed by atoms with Gasteiger partial charge in [-0.15, -0.1) is 0 Å². The Morgan fingerprint density at radius 1 is 0.950 bits per heavy atom. The highest BCUT2D eigenvalue weighted by Gasteiger charge is 2.09. The Kier molecular flexibility index (Phi) is 12.7. The van der Waals surface area contributed by atoms with E-state index in [0.29, 0.717) is 17.9 Å². The molecule has 0 aliphatic rings. The van der Waals surface area contributed by atoms with Gasteiger partial charge in [0.05, 0.1) is 0 Å². The van der Waals surface area contributed by atoms with Gasteiger partial charge in [0.15, 0.2) is 0 Å². The smallest absolute Gasteiger partial charge is 0.330 e. The van der Waals surface area contributed by atoms with Crippen LogP contribution in [0.25, 0.3) is 0 Å². The van der Waals surface area contributed by atoms with E-state index in [0.717, 1.165) is 6.42 Å². The highest BCUT2D eigenvalue weighted by Crippen LogP contribution is 2.18. The van der Waals surface area contributed by atoms with Gasteiger partial charge in [-0.05, 0) is 12.3 Å². The van der Waals surface area contributed by atoms with Crippen molar-refractivity contribution in [2.24, 2.45) is 5.92 Å². The van der Waals surface area contributed by atoms with Crippen molar-refractivity contribution in [2.75, 3.05) is 0 Å². The van der Waals surface area contributed by atoms with Crippen LogP contribution in [0.15, 0.2) is 12.2 Å². The number of aliphatic carboxylic acids is 1. The quantitative estimate of drug-likeness (QED) is 0.315. The van der Waals surface area contributed by atoms with E-state index in [2.05, 4.69) is 20.4 Å². The summed E-state index contributed by atoms with van der Waals surface area (Å²) in [5, 5.41) is 8.78. The molecule has 0 aliphatic heterocycles. The summed E-state index contributed by atoms with van der Waals surface area (Å²) >= 11 is 0. The topological polar surface area (TPSA) is 37.3 Å². The molecule has 118 valence electrons. The van der Waals surface area contributed by atoms with Gasteiger partial charge >= 0.3 is 5.97 Å². The molecule has 2 nitrogen and oxygen atoms in total. The van der Waals surface area contributed by atoms with E-state index in [1.165, 1.54) is 64.2 Å². The third kappa shape index (κ3) is 12.3. The Labute approximate surface area is 125 Å². The molecule has 0 spiro atoms. The SMILES string of the molecule is C=C(CC(C)CCCCCCCCCCCC)C(=O)O. The Hall–Kier alpha value is -0.790. The van der Waals surface area contributed by atoms with Crippen molar-refractivity contribution in [3.63, 3.8) is 0 Å². The normalized spacial score (nSPS) is 12.3. The molecular weight excluding hydrogens is 248 g/mol. The number of unbranched alkanes of at least 4 members (excludes halogenated alkanes) is 9. The molecule has 0 aromatic carbocycles. The predicted octanol–water partition coefficient (Wildman–Crippen LogP) is 5.96. The molecule has 20 heavy (non-hydrogen) atoms. The first-order valence-electron chi connectivity index (χ1n) is 8.49. The zero-order chi connectivity index (χ0) is 15.2. The van der Waals surface area contributed by atoms with E-state index < -0.39 is 5.97 Å². The van der Waals surface area contributed by atoms with Crippen LogP contribution in [0.5, 0.6) is 0 Å². The lowest BCUT2D eigenvalue weighted by Crippen LogP contribution is -2.04. The van der Waals surface area contributed by atoms with Crippen molar-refractivity contribution < 1.29 is 9.90 Å². The molecule has 0 radical (unpaired) electrons. The average molecular weight is 282 g/mol. The van der Waals surface area contributed by atoms with Crippen LogP contribution in [0.1, 0.15) is 90.9 Å². The third-order valence-corrected chi connectivity index (χ3v) is 3.95. The van der Waals surface area contributed by atoms with Gasteiger partial charge in [0.1, 0.15) is 0 Å². The van der Waals surface area contributed by atoms with Crippen LogP contribution in [0.3, 0.4) is 0 Å². The van der Waals surface area contributed by atoms with Gasteiger partial charge < -0.3 is 5.11 Å².